The van der Waals surface area contributed by atoms with Crippen molar-refractivity contribution in [3.63, 3.8) is 0 Å². The van der Waals surface area contributed by atoms with Gasteiger partial charge in [-0.15, -0.1) is 0 Å². The van der Waals surface area contributed by atoms with Gasteiger partial charge in [0.1, 0.15) is 23.5 Å². The van der Waals surface area contributed by atoms with Crippen molar-refractivity contribution in [2.24, 2.45) is 0 Å². The Balaban J connectivity index is 1.92. The van der Waals surface area contributed by atoms with E-state index in [-0.39, 0.29) is 0 Å². The number of hydrogen-bond donors (Lipinski definition) is 0. The summed E-state index contributed by atoms with van der Waals surface area (Å²) in [6.45, 7) is 4.64. The number of anilines is 2. The maximum absolute atomic E-state index is 12.4. The lowest BCUT2D eigenvalue weighted by molar-refractivity contribution is 0.0526. The fraction of sp³-hybridized carbons (Fsp3) is 0.278. The van der Waals surface area contributed by atoms with E-state index in [0.717, 1.165) is 18.7 Å². The van der Waals surface area contributed by atoms with Crippen LogP contribution in [-0.2, 0) is 11.2 Å². The number of carbonyl (C=O) groups is 1. The minimum Gasteiger partial charge on any atom is -0.462 e. The van der Waals surface area contributed by atoms with Crippen molar-refractivity contribution in [3.05, 3.63) is 47.5 Å². The van der Waals surface area contributed by atoms with Gasteiger partial charge in [0.25, 0.3) is 0 Å². The summed E-state index contributed by atoms with van der Waals surface area (Å²) in [5.41, 5.74) is 3.19. The van der Waals surface area contributed by atoms with E-state index >= 15 is 0 Å². The molecular weight excluding hydrogens is 306 g/mol. The average Bonchev–Trinajstić information content (AvgIpc) is 3.15. The van der Waals surface area contributed by atoms with Gasteiger partial charge in [-0.2, -0.15) is 0 Å². The van der Waals surface area contributed by atoms with E-state index < -0.39 is 5.97 Å². The molecule has 0 saturated carbocycles. The van der Waals surface area contributed by atoms with Crippen molar-refractivity contribution in [2.75, 3.05) is 18.1 Å². The normalized spacial score (nSPS) is 13.3. The van der Waals surface area contributed by atoms with Gasteiger partial charge in [0.2, 0.25) is 5.71 Å². The minimum atomic E-state index is -0.405. The zero-order valence-electron chi connectivity index (χ0n) is 13.6. The fourth-order valence-electron chi connectivity index (χ4n) is 3.24. The highest BCUT2D eigenvalue weighted by molar-refractivity contribution is 6.08. The highest BCUT2D eigenvalue weighted by atomic mass is 16.5. The van der Waals surface area contributed by atoms with E-state index in [1.54, 1.807) is 13.8 Å². The van der Waals surface area contributed by atoms with Crippen LogP contribution in [-0.4, -0.2) is 29.1 Å². The van der Waals surface area contributed by atoms with Crippen molar-refractivity contribution >= 4 is 28.6 Å². The van der Waals surface area contributed by atoms with E-state index in [4.69, 9.17) is 9.15 Å². The number of nitrogens with zero attached hydrogens (tertiary/aromatic N) is 3. The van der Waals surface area contributed by atoms with Crippen molar-refractivity contribution in [3.8, 4) is 0 Å². The van der Waals surface area contributed by atoms with Crippen LogP contribution in [0.2, 0.25) is 0 Å². The van der Waals surface area contributed by atoms with Crippen molar-refractivity contribution in [1.29, 1.82) is 0 Å². The lowest BCUT2D eigenvalue weighted by Gasteiger charge is -2.19. The highest BCUT2D eigenvalue weighted by Crippen LogP contribution is 2.39. The molecule has 0 atom stereocenters. The summed E-state index contributed by atoms with van der Waals surface area (Å²) in [5, 5.41) is 0.616. The average molecular weight is 323 g/mol. The van der Waals surface area contributed by atoms with Gasteiger partial charge in [-0.05, 0) is 31.9 Å². The number of rotatable bonds is 3. The molecule has 6 nitrogen and oxygen atoms in total. The Hall–Kier alpha value is -2.89. The van der Waals surface area contributed by atoms with Crippen LogP contribution < -0.4 is 4.90 Å². The van der Waals surface area contributed by atoms with Crippen LogP contribution in [0.3, 0.4) is 0 Å². The molecule has 122 valence electrons. The Morgan fingerprint density at radius 1 is 1.33 bits per heavy atom. The van der Waals surface area contributed by atoms with Crippen molar-refractivity contribution in [1.82, 2.24) is 9.97 Å². The second-order valence-electron chi connectivity index (χ2n) is 5.66. The molecule has 0 unspecified atom stereocenters. The molecule has 1 aliphatic rings. The molecule has 1 aromatic carbocycles. The van der Waals surface area contributed by atoms with E-state index in [2.05, 4.69) is 27.0 Å². The van der Waals surface area contributed by atoms with Crippen LogP contribution in [0.1, 0.15) is 28.6 Å². The first kappa shape index (κ1) is 14.7. The highest BCUT2D eigenvalue weighted by Gasteiger charge is 2.29. The molecule has 0 aliphatic carbocycles. The maximum Gasteiger partial charge on any atom is 0.342 e. The molecule has 2 aromatic heterocycles. The summed E-state index contributed by atoms with van der Waals surface area (Å²) in [6, 6.07) is 8.21. The van der Waals surface area contributed by atoms with E-state index in [9.17, 15) is 4.79 Å². The quantitative estimate of drug-likeness (QED) is 0.688. The molecule has 3 aromatic rings. The second kappa shape index (κ2) is 5.63. The summed E-state index contributed by atoms with van der Waals surface area (Å²) >= 11 is 0. The Kier molecular flexibility index (Phi) is 3.45. The zero-order valence-corrected chi connectivity index (χ0v) is 13.6. The van der Waals surface area contributed by atoms with Gasteiger partial charge in [0.05, 0.1) is 12.0 Å². The molecule has 0 fully saturated rings. The molecular formula is C18H17N3O3. The molecule has 1 aliphatic heterocycles. The number of aryl methyl sites for hydroxylation is 1. The summed E-state index contributed by atoms with van der Waals surface area (Å²) < 4.78 is 10.9. The first-order valence-corrected chi connectivity index (χ1v) is 7.97. The van der Waals surface area contributed by atoms with Gasteiger partial charge in [0.15, 0.2) is 0 Å². The molecule has 0 radical (unpaired) electrons. The molecule has 0 saturated heterocycles. The van der Waals surface area contributed by atoms with E-state index in [1.807, 2.05) is 12.1 Å². The molecule has 0 amide bonds. The second-order valence-corrected chi connectivity index (χ2v) is 5.66. The van der Waals surface area contributed by atoms with Crippen molar-refractivity contribution < 1.29 is 13.9 Å². The Bertz CT molecular complexity index is 932. The third kappa shape index (κ3) is 2.14. The largest absolute Gasteiger partial charge is 0.462 e. The summed E-state index contributed by atoms with van der Waals surface area (Å²) in [4.78, 5) is 23.1. The third-order valence-corrected chi connectivity index (χ3v) is 4.27. The number of fused-ring (bicyclic) bond motifs is 2. The van der Waals surface area contributed by atoms with Crippen molar-refractivity contribution in [2.45, 2.75) is 20.3 Å². The van der Waals surface area contributed by atoms with Crippen LogP contribution in [0.5, 0.6) is 0 Å². The SMILES string of the molecule is CCOC(=O)c1c(C)oc2ncnc(N3CCc4ccccc43)c12. The van der Waals surface area contributed by atoms with E-state index in [1.165, 1.54) is 11.9 Å². The van der Waals surface area contributed by atoms with Crippen LogP contribution in [0.4, 0.5) is 11.5 Å². The lowest BCUT2D eigenvalue weighted by atomic mass is 10.1. The molecule has 0 spiro atoms. The number of hydrogen-bond acceptors (Lipinski definition) is 6. The number of carbonyl (C=O) groups excluding carboxylic acids is 1. The maximum atomic E-state index is 12.4. The predicted molar refractivity (Wildman–Crippen MR) is 89.6 cm³/mol. The Morgan fingerprint density at radius 2 is 2.17 bits per heavy atom. The molecule has 3 heterocycles. The van der Waals surface area contributed by atoms with Gasteiger partial charge in [0, 0.05) is 12.2 Å². The predicted octanol–water partition coefficient (Wildman–Crippen LogP) is 3.40. The molecule has 4 rings (SSSR count). The third-order valence-electron chi connectivity index (χ3n) is 4.27. The van der Waals surface area contributed by atoms with Crippen LogP contribution >= 0.6 is 0 Å². The monoisotopic (exact) mass is 323 g/mol. The zero-order chi connectivity index (χ0) is 16.7. The fourth-order valence-corrected chi connectivity index (χ4v) is 3.24. The topological polar surface area (TPSA) is 68.5 Å². The Morgan fingerprint density at radius 3 is 3.00 bits per heavy atom. The summed E-state index contributed by atoms with van der Waals surface area (Å²) in [7, 11) is 0. The standard InChI is InChI=1S/C18H17N3O3/c1-3-23-18(22)14-11(2)24-17-15(14)16(19-10-20-17)21-9-8-12-6-4-5-7-13(12)21/h4-7,10H,3,8-9H2,1-2H3. The number of furan rings is 1. The van der Waals surface area contributed by atoms with E-state index in [0.29, 0.717) is 34.8 Å². The Labute approximate surface area is 139 Å². The lowest BCUT2D eigenvalue weighted by Crippen LogP contribution is -2.16. The molecule has 0 N–H and O–H groups in total. The number of benzene rings is 1. The number of aromatic nitrogens is 2. The molecule has 6 heteroatoms. The van der Waals surface area contributed by atoms with Crippen LogP contribution in [0.25, 0.3) is 11.1 Å². The first-order chi connectivity index (χ1) is 11.7. The summed E-state index contributed by atoms with van der Waals surface area (Å²) in [5.74, 6) is 0.778. The van der Waals surface area contributed by atoms with Gasteiger partial charge < -0.3 is 14.1 Å². The van der Waals surface area contributed by atoms with Gasteiger partial charge >= 0.3 is 5.97 Å². The number of esters is 1. The first-order valence-electron chi connectivity index (χ1n) is 7.97. The summed E-state index contributed by atoms with van der Waals surface area (Å²) in [6.07, 6.45) is 2.41. The smallest absolute Gasteiger partial charge is 0.342 e. The molecule has 24 heavy (non-hydrogen) atoms. The molecule has 0 bridgehead atoms. The van der Waals surface area contributed by atoms with Gasteiger partial charge in [-0.1, -0.05) is 18.2 Å². The minimum absolute atomic E-state index is 0.306. The number of para-hydroxylation sites is 1. The van der Waals surface area contributed by atoms with Gasteiger partial charge in [-0.25, -0.2) is 14.8 Å². The van der Waals surface area contributed by atoms with Gasteiger partial charge in [-0.3, -0.25) is 0 Å². The van der Waals surface area contributed by atoms with Crippen LogP contribution in [0, 0.1) is 6.92 Å². The number of ether oxygens (including phenoxy) is 1. The van der Waals surface area contributed by atoms with Crippen LogP contribution in [0.15, 0.2) is 35.0 Å².